The van der Waals surface area contributed by atoms with Crippen LogP contribution in [0.25, 0.3) is 11.4 Å². The molecule has 3 heterocycles. The number of anilines is 1. The van der Waals surface area contributed by atoms with Crippen LogP contribution in [0, 0.1) is 0 Å². The number of H-pyrrole nitrogens is 1. The standard InChI is InChI=1S/C16H15ClF3N5O2/c17-11-13(22-12(23-14(11)26)10-2-4-21-5-3-10)24-6-1-7-25(9-8-24)15(27)16(18,19)20/h2-5H,1,6-9H2,(H,22,23,26). The van der Waals surface area contributed by atoms with E-state index in [2.05, 4.69) is 15.0 Å². The molecule has 11 heteroatoms. The van der Waals surface area contributed by atoms with Crippen LogP contribution in [0.4, 0.5) is 19.0 Å². The summed E-state index contributed by atoms with van der Waals surface area (Å²) >= 11 is 6.09. The number of carbonyl (C=O) groups excluding carboxylic acids is 1. The van der Waals surface area contributed by atoms with Crippen molar-refractivity contribution in [2.75, 3.05) is 31.1 Å². The van der Waals surface area contributed by atoms with Gasteiger partial charge in [-0.15, -0.1) is 0 Å². The lowest BCUT2D eigenvalue weighted by Gasteiger charge is -2.24. The first-order chi connectivity index (χ1) is 12.8. The number of nitrogens with one attached hydrogen (secondary N) is 1. The second-order valence-electron chi connectivity index (χ2n) is 5.92. The zero-order valence-corrected chi connectivity index (χ0v) is 14.7. The minimum atomic E-state index is -4.91. The number of nitrogens with zero attached hydrogens (tertiary/aromatic N) is 4. The molecule has 0 atom stereocenters. The lowest BCUT2D eigenvalue weighted by molar-refractivity contribution is -0.185. The number of halogens is 4. The lowest BCUT2D eigenvalue weighted by Crippen LogP contribution is -2.43. The second kappa shape index (κ2) is 7.55. The Labute approximate surface area is 156 Å². The number of pyridine rings is 1. The van der Waals surface area contributed by atoms with Crippen molar-refractivity contribution in [2.45, 2.75) is 12.6 Å². The number of aromatic amines is 1. The molecular weight excluding hydrogens is 387 g/mol. The molecule has 0 aliphatic carbocycles. The van der Waals surface area contributed by atoms with Crippen LogP contribution in [0.15, 0.2) is 29.3 Å². The first-order valence-electron chi connectivity index (χ1n) is 8.08. The maximum atomic E-state index is 12.7. The summed E-state index contributed by atoms with van der Waals surface area (Å²) in [5, 5.41) is -0.150. The fourth-order valence-electron chi connectivity index (χ4n) is 2.81. The Balaban J connectivity index is 1.87. The number of amides is 1. The summed E-state index contributed by atoms with van der Waals surface area (Å²) in [6.07, 6.45) is -1.55. The third kappa shape index (κ3) is 4.21. The number of hydrogen-bond donors (Lipinski definition) is 1. The van der Waals surface area contributed by atoms with Crippen LogP contribution in [-0.2, 0) is 4.79 Å². The maximum absolute atomic E-state index is 12.7. The topological polar surface area (TPSA) is 82.2 Å². The fourth-order valence-corrected chi connectivity index (χ4v) is 3.02. The Morgan fingerprint density at radius 3 is 2.52 bits per heavy atom. The summed E-state index contributed by atoms with van der Waals surface area (Å²) in [7, 11) is 0. The smallest absolute Gasteiger partial charge is 0.353 e. The number of rotatable bonds is 2. The molecule has 2 aromatic rings. The third-order valence-corrected chi connectivity index (χ3v) is 4.46. The summed E-state index contributed by atoms with van der Waals surface area (Å²) < 4.78 is 38.0. The van der Waals surface area contributed by atoms with Crippen LogP contribution >= 0.6 is 11.6 Å². The average molecular weight is 402 g/mol. The van der Waals surface area contributed by atoms with Crippen molar-refractivity contribution >= 4 is 23.3 Å². The second-order valence-corrected chi connectivity index (χ2v) is 6.30. The monoisotopic (exact) mass is 401 g/mol. The Bertz CT molecular complexity index is 888. The molecule has 0 radical (unpaired) electrons. The Kier molecular flexibility index (Phi) is 5.36. The van der Waals surface area contributed by atoms with Gasteiger partial charge in [0.25, 0.3) is 5.56 Å². The molecule has 1 amide bonds. The number of hydrogen-bond acceptors (Lipinski definition) is 5. The van der Waals surface area contributed by atoms with E-state index in [4.69, 9.17) is 11.6 Å². The van der Waals surface area contributed by atoms with Crippen LogP contribution in [0.1, 0.15) is 6.42 Å². The molecule has 144 valence electrons. The first kappa shape index (κ1) is 19.2. The maximum Gasteiger partial charge on any atom is 0.471 e. The highest BCUT2D eigenvalue weighted by Crippen LogP contribution is 2.25. The van der Waals surface area contributed by atoms with Gasteiger partial charge >= 0.3 is 12.1 Å². The molecule has 0 spiro atoms. The summed E-state index contributed by atoms with van der Waals surface area (Å²) in [6, 6.07) is 3.31. The SMILES string of the molecule is O=C(N1CCCN(c2nc(-c3ccncc3)[nH]c(=O)c2Cl)CC1)C(F)(F)F. The molecule has 27 heavy (non-hydrogen) atoms. The van der Waals surface area contributed by atoms with Crippen molar-refractivity contribution in [2.24, 2.45) is 0 Å². The number of aromatic nitrogens is 3. The van der Waals surface area contributed by atoms with E-state index >= 15 is 0 Å². The molecule has 7 nitrogen and oxygen atoms in total. The molecular formula is C16H15ClF3N5O2. The van der Waals surface area contributed by atoms with E-state index in [9.17, 15) is 22.8 Å². The van der Waals surface area contributed by atoms with Gasteiger partial charge in [0.1, 0.15) is 10.8 Å². The quantitative estimate of drug-likeness (QED) is 0.833. The third-order valence-electron chi connectivity index (χ3n) is 4.12. The fraction of sp³-hybridized carbons (Fsp3) is 0.375. The van der Waals surface area contributed by atoms with Crippen LogP contribution in [0.2, 0.25) is 5.02 Å². The van der Waals surface area contributed by atoms with Crippen LogP contribution < -0.4 is 10.5 Å². The molecule has 0 unspecified atom stereocenters. The molecule has 1 saturated heterocycles. The molecule has 3 rings (SSSR count). The van der Waals surface area contributed by atoms with Gasteiger partial charge in [-0.2, -0.15) is 13.2 Å². The molecule has 2 aromatic heterocycles. The van der Waals surface area contributed by atoms with Crippen molar-refractivity contribution in [3.8, 4) is 11.4 Å². The first-order valence-corrected chi connectivity index (χ1v) is 8.46. The molecule has 1 N–H and O–H groups in total. The largest absolute Gasteiger partial charge is 0.471 e. The van der Waals surface area contributed by atoms with Crippen molar-refractivity contribution in [1.82, 2.24) is 19.9 Å². The zero-order chi connectivity index (χ0) is 19.6. The van der Waals surface area contributed by atoms with Crippen molar-refractivity contribution in [1.29, 1.82) is 0 Å². The number of carbonyl (C=O) groups is 1. The summed E-state index contributed by atoms with van der Waals surface area (Å²) in [6.45, 7) is 0.210. The molecule has 1 aliphatic heterocycles. The minimum Gasteiger partial charge on any atom is -0.353 e. The van der Waals surface area contributed by atoms with E-state index in [1.807, 2.05) is 0 Å². The Morgan fingerprint density at radius 1 is 1.15 bits per heavy atom. The van der Waals surface area contributed by atoms with Crippen LogP contribution in [0.5, 0.6) is 0 Å². The van der Waals surface area contributed by atoms with Gasteiger partial charge in [-0.3, -0.25) is 14.6 Å². The predicted octanol–water partition coefficient (Wildman–Crippen LogP) is 2.09. The summed E-state index contributed by atoms with van der Waals surface area (Å²) in [5.41, 5.74) is 0.0599. The molecule has 0 bridgehead atoms. The van der Waals surface area contributed by atoms with Crippen molar-refractivity contribution in [3.05, 3.63) is 39.9 Å². The van der Waals surface area contributed by atoms with Crippen LogP contribution in [-0.4, -0.2) is 58.1 Å². The molecule has 1 fully saturated rings. The Hall–Kier alpha value is -2.62. The lowest BCUT2D eigenvalue weighted by atomic mass is 10.2. The van der Waals surface area contributed by atoms with E-state index in [0.29, 0.717) is 12.1 Å². The van der Waals surface area contributed by atoms with E-state index in [1.165, 1.54) is 12.4 Å². The highest BCUT2D eigenvalue weighted by atomic mass is 35.5. The number of alkyl halides is 3. The highest BCUT2D eigenvalue weighted by molar-refractivity contribution is 6.32. The van der Waals surface area contributed by atoms with Gasteiger partial charge in [0.2, 0.25) is 0 Å². The molecule has 0 aromatic carbocycles. The van der Waals surface area contributed by atoms with Crippen molar-refractivity contribution in [3.63, 3.8) is 0 Å². The predicted molar refractivity (Wildman–Crippen MR) is 92.6 cm³/mol. The van der Waals surface area contributed by atoms with E-state index in [0.717, 1.165) is 4.90 Å². The van der Waals surface area contributed by atoms with E-state index in [-0.39, 0.29) is 42.7 Å². The van der Waals surface area contributed by atoms with E-state index < -0.39 is 17.6 Å². The molecule has 0 saturated carbocycles. The zero-order valence-electron chi connectivity index (χ0n) is 14.0. The van der Waals surface area contributed by atoms with Gasteiger partial charge < -0.3 is 14.8 Å². The van der Waals surface area contributed by atoms with Crippen molar-refractivity contribution < 1.29 is 18.0 Å². The van der Waals surface area contributed by atoms with Gasteiger partial charge in [0.15, 0.2) is 5.82 Å². The highest BCUT2D eigenvalue weighted by Gasteiger charge is 2.42. The minimum absolute atomic E-state index is 0.0349. The molecule has 1 aliphatic rings. The average Bonchev–Trinajstić information content (AvgIpc) is 2.89. The van der Waals surface area contributed by atoms with Gasteiger partial charge in [0.05, 0.1) is 0 Å². The van der Waals surface area contributed by atoms with Gasteiger partial charge in [-0.1, -0.05) is 11.6 Å². The normalized spacial score (nSPS) is 15.6. The van der Waals surface area contributed by atoms with Gasteiger partial charge in [0, 0.05) is 44.1 Å². The summed E-state index contributed by atoms with van der Waals surface area (Å²) in [5.74, 6) is -1.42. The van der Waals surface area contributed by atoms with Gasteiger partial charge in [-0.25, -0.2) is 4.98 Å². The van der Waals surface area contributed by atoms with E-state index in [1.54, 1.807) is 17.0 Å². The Morgan fingerprint density at radius 2 is 1.85 bits per heavy atom. The van der Waals surface area contributed by atoms with Gasteiger partial charge in [-0.05, 0) is 18.6 Å². The van der Waals surface area contributed by atoms with Crippen LogP contribution in [0.3, 0.4) is 0 Å². The summed E-state index contributed by atoms with van der Waals surface area (Å²) in [4.78, 5) is 36.8.